The molecule has 1 saturated carbocycles. The summed E-state index contributed by atoms with van der Waals surface area (Å²) in [5, 5.41) is 16.1. The number of carbonyl (C=O) groups excluding carboxylic acids is 1. The number of hydrogen-bond donors (Lipinski definition) is 2. The topological polar surface area (TPSA) is 92.1 Å². The molecule has 1 aliphatic rings. The minimum Gasteiger partial charge on any atom is -0.348 e. The summed E-state index contributed by atoms with van der Waals surface area (Å²) in [6, 6.07) is 15.3. The molecule has 3 aromatic heterocycles. The molecule has 0 atom stereocenters. The molecule has 1 aliphatic carbocycles. The summed E-state index contributed by atoms with van der Waals surface area (Å²) >= 11 is 0. The zero-order chi connectivity index (χ0) is 19.8. The second-order valence-corrected chi connectivity index (χ2v) is 7.61. The Morgan fingerprint density at radius 3 is 2.59 bits per heavy atom. The van der Waals surface area contributed by atoms with Crippen LogP contribution in [0.15, 0.2) is 59.5 Å². The first-order valence-corrected chi connectivity index (χ1v) is 9.91. The molecule has 4 aromatic rings. The molecule has 0 aliphatic heterocycles. The predicted octanol–water partition coefficient (Wildman–Crippen LogP) is 3.03. The molecule has 1 aromatic carbocycles. The van der Waals surface area contributed by atoms with Crippen LogP contribution in [0.25, 0.3) is 16.3 Å². The molecule has 0 unspecified atom stereocenters. The number of benzene rings is 1. The largest absolute Gasteiger partial charge is 0.348 e. The van der Waals surface area contributed by atoms with E-state index in [4.69, 9.17) is 0 Å². The molecular formula is C22H21N5O2. The summed E-state index contributed by atoms with van der Waals surface area (Å²) in [5.74, 6) is 0.143. The van der Waals surface area contributed by atoms with Crippen LogP contribution >= 0.6 is 0 Å². The summed E-state index contributed by atoms with van der Waals surface area (Å²) in [6.07, 6.45) is 5.41. The Morgan fingerprint density at radius 2 is 1.79 bits per heavy atom. The molecule has 0 radical (unpaired) electrons. The van der Waals surface area contributed by atoms with Crippen molar-refractivity contribution in [3.63, 3.8) is 0 Å². The van der Waals surface area contributed by atoms with Gasteiger partial charge in [0, 0.05) is 23.5 Å². The van der Waals surface area contributed by atoms with E-state index >= 15 is 0 Å². The lowest BCUT2D eigenvalue weighted by Gasteiger charge is -2.29. The van der Waals surface area contributed by atoms with Crippen molar-refractivity contribution in [1.29, 1.82) is 0 Å². The van der Waals surface area contributed by atoms with Gasteiger partial charge in [0.25, 0.3) is 11.5 Å². The van der Waals surface area contributed by atoms with Gasteiger partial charge in [-0.15, -0.1) is 0 Å². The van der Waals surface area contributed by atoms with Crippen molar-refractivity contribution in [1.82, 2.24) is 25.1 Å². The van der Waals surface area contributed by atoms with E-state index in [9.17, 15) is 9.59 Å². The first-order chi connectivity index (χ1) is 14.2. The lowest BCUT2D eigenvalue weighted by molar-refractivity contribution is 0.0920. The predicted molar refractivity (Wildman–Crippen MR) is 110 cm³/mol. The van der Waals surface area contributed by atoms with E-state index in [0.29, 0.717) is 11.1 Å². The summed E-state index contributed by atoms with van der Waals surface area (Å²) in [7, 11) is 0. The number of H-pyrrole nitrogens is 1. The van der Waals surface area contributed by atoms with Gasteiger partial charge in [-0.3, -0.25) is 9.59 Å². The molecule has 0 saturated heterocycles. The number of fused-ring (bicyclic) bond motifs is 2. The van der Waals surface area contributed by atoms with E-state index < -0.39 is 0 Å². The van der Waals surface area contributed by atoms with Crippen LogP contribution in [0.2, 0.25) is 0 Å². The summed E-state index contributed by atoms with van der Waals surface area (Å²) in [4.78, 5) is 24.6. The SMILES string of the molecule is O=C(N[C@H]1CC[C@H](c2n[nH]c(=O)c3ccccc32)CC1)c1cc2ccccn2n1. The quantitative estimate of drug-likeness (QED) is 0.565. The number of nitrogens with zero attached hydrogens (tertiary/aromatic N) is 3. The molecule has 29 heavy (non-hydrogen) atoms. The average Bonchev–Trinajstić information content (AvgIpc) is 3.20. The van der Waals surface area contributed by atoms with Crippen molar-refractivity contribution in [3.8, 4) is 0 Å². The third-order valence-corrected chi connectivity index (χ3v) is 5.78. The van der Waals surface area contributed by atoms with E-state index in [2.05, 4.69) is 20.6 Å². The first-order valence-electron chi connectivity index (χ1n) is 9.91. The maximum atomic E-state index is 12.6. The Hall–Kier alpha value is -3.48. The molecule has 0 spiro atoms. The molecule has 5 rings (SSSR count). The number of hydrogen-bond acceptors (Lipinski definition) is 4. The van der Waals surface area contributed by atoms with E-state index in [-0.39, 0.29) is 23.4 Å². The van der Waals surface area contributed by atoms with Crippen LogP contribution in [-0.4, -0.2) is 31.8 Å². The van der Waals surface area contributed by atoms with E-state index in [1.807, 2.05) is 48.7 Å². The Kier molecular flexibility index (Phi) is 4.35. The highest BCUT2D eigenvalue weighted by Gasteiger charge is 2.26. The fourth-order valence-electron chi connectivity index (χ4n) is 4.27. The van der Waals surface area contributed by atoms with Gasteiger partial charge < -0.3 is 5.32 Å². The number of pyridine rings is 1. The second-order valence-electron chi connectivity index (χ2n) is 7.61. The third-order valence-electron chi connectivity index (χ3n) is 5.78. The highest BCUT2D eigenvalue weighted by Crippen LogP contribution is 2.34. The molecule has 3 heterocycles. The Bertz CT molecular complexity index is 1220. The smallest absolute Gasteiger partial charge is 0.272 e. The molecule has 0 bridgehead atoms. The first kappa shape index (κ1) is 17.6. The number of nitrogens with one attached hydrogen (secondary N) is 2. The fraction of sp³-hybridized carbons (Fsp3) is 0.273. The number of carbonyl (C=O) groups is 1. The maximum Gasteiger partial charge on any atom is 0.272 e. The van der Waals surface area contributed by atoms with Crippen LogP contribution < -0.4 is 10.9 Å². The summed E-state index contributed by atoms with van der Waals surface area (Å²) in [5.41, 5.74) is 2.13. The van der Waals surface area contributed by atoms with Crippen molar-refractivity contribution in [3.05, 3.63) is 76.5 Å². The van der Waals surface area contributed by atoms with Crippen LogP contribution in [0.1, 0.15) is 47.8 Å². The van der Waals surface area contributed by atoms with Crippen molar-refractivity contribution in [2.24, 2.45) is 0 Å². The normalized spacial score (nSPS) is 19.4. The molecule has 7 heteroatoms. The van der Waals surface area contributed by atoms with Crippen molar-refractivity contribution in [2.75, 3.05) is 0 Å². The zero-order valence-corrected chi connectivity index (χ0v) is 15.8. The van der Waals surface area contributed by atoms with E-state index in [0.717, 1.165) is 42.3 Å². The van der Waals surface area contributed by atoms with Gasteiger partial charge in [0.15, 0.2) is 5.69 Å². The van der Waals surface area contributed by atoms with Crippen LogP contribution in [0.3, 0.4) is 0 Å². The van der Waals surface area contributed by atoms with Crippen LogP contribution in [-0.2, 0) is 0 Å². The van der Waals surface area contributed by atoms with Crippen LogP contribution in [0.4, 0.5) is 0 Å². The number of aromatic amines is 1. The minimum atomic E-state index is -0.155. The highest BCUT2D eigenvalue weighted by molar-refractivity contribution is 5.93. The van der Waals surface area contributed by atoms with Crippen LogP contribution in [0, 0.1) is 0 Å². The van der Waals surface area contributed by atoms with E-state index in [1.54, 1.807) is 10.6 Å². The maximum absolute atomic E-state index is 12.6. The van der Waals surface area contributed by atoms with Gasteiger partial charge in [0.2, 0.25) is 0 Å². The summed E-state index contributed by atoms with van der Waals surface area (Å²) < 4.78 is 1.71. The van der Waals surface area contributed by atoms with Gasteiger partial charge in [-0.1, -0.05) is 24.3 Å². The number of aromatic nitrogens is 4. The van der Waals surface area contributed by atoms with Crippen molar-refractivity contribution in [2.45, 2.75) is 37.6 Å². The molecule has 2 N–H and O–H groups in total. The lowest BCUT2D eigenvalue weighted by Crippen LogP contribution is -2.37. The second kappa shape index (κ2) is 7.16. The Labute approximate surface area is 166 Å². The standard InChI is InChI=1S/C22H21N5O2/c28-21-18-7-2-1-6-17(18)20(24-25-21)14-8-10-15(11-9-14)23-22(29)19-13-16-5-3-4-12-27(16)26-19/h1-7,12-15H,8-11H2,(H,23,29)(H,25,28)/t14-,15-. The van der Waals surface area contributed by atoms with Crippen molar-refractivity contribution >= 4 is 22.2 Å². The van der Waals surface area contributed by atoms with Gasteiger partial charge in [-0.2, -0.15) is 10.2 Å². The van der Waals surface area contributed by atoms with Crippen molar-refractivity contribution < 1.29 is 4.79 Å². The fourth-order valence-corrected chi connectivity index (χ4v) is 4.27. The zero-order valence-electron chi connectivity index (χ0n) is 15.8. The van der Waals surface area contributed by atoms with Gasteiger partial charge in [0.05, 0.1) is 16.6 Å². The number of amides is 1. The third kappa shape index (κ3) is 3.29. The highest BCUT2D eigenvalue weighted by atomic mass is 16.2. The monoisotopic (exact) mass is 387 g/mol. The Morgan fingerprint density at radius 1 is 1.03 bits per heavy atom. The molecule has 146 valence electrons. The average molecular weight is 387 g/mol. The van der Waals surface area contributed by atoms with Crippen LogP contribution in [0.5, 0.6) is 0 Å². The molecule has 1 amide bonds. The molecule has 1 fully saturated rings. The Balaban J connectivity index is 1.28. The minimum absolute atomic E-state index is 0.123. The van der Waals surface area contributed by atoms with Gasteiger partial charge in [-0.25, -0.2) is 9.61 Å². The van der Waals surface area contributed by atoms with E-state index in [1.165, 1.54) is 0 Å². The molecule has 7 nitrogen and oxygen atoms in total. The van der Waals surface area contributed by atoms with Gasteiger partial charge >= 0.3 is 0 Å². The summed E-state index contributed by atoms with van der Waals surface area (Å²) in [6.45, 7) is 0. The lowest BCUT2D eigenvalue weighted by atomic mass is 9.82. The van der Waals surface area contributed by atoms with Gasteiger partial charge in [-0.05, 0) is 49.9 Å². The van der Waals surface area contributed by atoms with Gasteiger partial charge in [0.1, 0.15) is 0 Å². The molecular weight excluding hydrogens is 366 g/mol. The number of rotatable bonds is 3.